The van der Waals surface area contributed by atoms with E-state index in [2.05, 4.69) is 36.1 Å². The topological polar surface area (TPSA) is 122 Å². The number of methoxy groups -OCH3 is 1. The van der Waals surface area contributed by atoms with Gasteiger partial charge in [0.05, 0.1) is 18.2 Å². The third-order valence-electron chi connectivity index (χ3n) is 7.53. The normalized spacial score (nSPS) is 18.0. The van der Waals surface area contributed by atoms with Gasteiger partial charge in [0.15, 0.2) is 5.65 Å². The molecule has 4 heterocycles. The number of ether oxygens (including phenoxy) is 1. The summed E-state index contributed by atoms with van der Waals surface area (Å²) in [7, 11) is 1.60. The summed E-state index contributed by atoms with van der Waals surface area (Å²) < 4.78 is 44.7. The number of anilines is 1. The number of aromatic nitrogens is 6. The van der Waals surface area contributed by atoms with Gasteiger partial charge in [-0.1, -0.05) is 5.92 Å². The minimum Gasteiger partial charge on any atom is -0.496 e. The molecule has 1 atom stereocenters. The number of rotatable bonds is 8. The first-order valence-corrected chi connectivity index (χ1v) is 12.8. The van der Waals surface area contributed by atoms with Gasteiger partial charge in [-0.25, -0.2) is 9.97 Å². The van der Waals surface area contributed by atoms with Crippen LogP contribution in [0.2, 0.25) is 0 Å². The molecule has 3 aromatic rings. The smallest absolute Gasteiger partial charge is 0.408 e. The van der Waals surface area contributed by atoms with E-state index in [0.717, 1.165) is 30.8 Å². The number of hydrogen-bond acceptors (Lipinski definition) is 8. The van der Waals surface area contributed by atoms with E-state index in [1.54, 1.807) is 19.4 Å². The zero-order valence-electron chi connectivity index (χ0n) is 21.7. The molecule has 5 rings (SSSR count). The van der Waals surface area contributed by atoms with Crippen molar-refractivity contribution < 1.29 is 22.7 Å². The number of carbonyl (C=O) groups is 1. The number of fused-ring (bicyclic) bond motifs is 1. The van der Waals surface area contributed by atoms with Crippen LogP contribution in [0.1, 0.15) is 67.1 Å². The Morgan fingerprint density at radius 1 is 1.31 bits per heavy atom. The standard InChI is InChI=1S/C26H29F3N8O2/c1-4-25(10-11-25)9-5-18-32-22(23(38)31-15(2)26(27,28)29)34-24(33-18)37-13-7-16(8-14-37)20-19-17(39-3)6-12-30-21(19)36-35-20/h1,6,12,15-16H,5,7-11,13-14H2,2-3H3,(H,31,38)(H,30,35,36)/t15-/m0/s1. The van der Waals surface area contributed by atoms with Crippen molar-refractivity contribution in [1.29, 1.82) is 0 Å². The van der Waals surface area contributed by atoms with Crippen LogP contribution in [0, 0.1) is 17.8 Å². The summed E-state index contributed by atoms with van der Waals surface area (Å²) in [4.78, 5) is 32.0. The van der Waals surface area contributed by atoms with Gasteiger partial charge in [0.2, 0.25) is 11.8 Å². The Morgan fingerprint density at radius 3 is 2.69 bits per heavy atom. The lowest BCUT2D eigenvalue weighted by atomic mass is 9.92. The summed E-state index contributed by atoms with van der Waals surface area (Å²) in [5.41, 5.74) is 1.33. The summed E-state index contributed by atoms with van der Waals surface area (Å²) in [5, 5.41) is 10.3. The summed E-state index contributed by atoms with van der Waals surface area (Å²) in [6.07, 6.45) is 7.01. The van der Waals surface area contributed by atoms with Crippen LogP contribution in [0.3, 0.4) is 0 Å². The average molecular weight is 543 g/mol. The van der Waals surface area contributed by atoms with Crippen molar-refractivity contribution in [2.75, 3.05) is 25.1 Å². The van der Waals surface area contributed by atoms with Gasteiger partial charge in [0.1, 0.15) is 17.6 Å². The molecule has 0 unspecified atom stereocenters. The lowest BCUT2D eigenvalue weighted by molar-refractivity contribution is -0.149. The number of pyridine rings is 1. The average Bonchev–Trinajstić information content (AvgIpc) is 3.60. The predicted octanol–water partition coefficient (Wildman–Crippen LogP) is 3.56. The monoisotopic (exact) mass is 542 g/mol. The maximum atomic E-state index is 13.1. The number of nitrogens with zero attached hydrogens (tertiary/aromatic N) is 6. The van der Waals surface area contributed by atoms with E-state index in [1.165, 1.54) is 0 Å². The Hall–Kier alpha value is -3.95. The molecular weight excluding hydrogens is 513 g/mol. The Labute approximate surface area is 223 Å². The summed E-state index contributed by atoms with van der Waals surface area (Å²) in [6, 6.07) is -0.253. The van der Waals surface area contributed by atoms with Crippen LogP contribution in [0.5, 0.6) is 5.75 Å². The number of alkyl halides is 3. The number of H-pyrrole nitrogens is 1. The van der Waals surface area contributed by atoms with Crippen molar-refractivity contribution in [1.82, 2.24) is 35.5 Å². The Morgan fingerprint density at radius 2 is 2.05 bits per heavy atom. The molecule has 0 aromatic carbocycles. The van der Waals surface area contributed by atoms with Gasteiger partial charge in [0, 0.05) is 37.0 Å². The number of aromatic amines is 1. The highest BCUT2D eigenvalue weighted by molar-refractivity contribution is 5.91. The third-order valence-corrected chi connectivity index (χ3v) is 7.53. The molecule has 2 N–H and O–H groups in total. The zero-order chi connectivity index (χ0) is 27.8. The molecule has 10 nitrogen and oxygen atoms in total. The van der Waals surface area contributed by atoms with Gasteiger partial charge in [-0.15, -0.1) is 6.42 Å². The Kier molecular flexibility index (Phi) is 7.05. The van der Waals surface area contributed by atoms with Gasteiger partial charge in [-0.2, -0.15) is 28.2 Å². The fraction of sp³-hybridized carbons (Fsp3) is 0.538. The van der Waals surface area contributed by atoms with E-state index in [9.17, 15) is 18.0 Å². The molecule has 1 saturated heterocycles. The molecule has 206 valence electrons. The molecule has 1 aliphatic carbocycles. The summed E-state index contributed by atoms with van der Waals surface area (Å²) >= 11 is 0. The van der Waals surface area contributed by atoms with Crippen LogP contribution in [0.25, 0.3) is 11.0 Å². The van der Waals surface area contributed by atoms with Crippen molar-refractivity contribution in [3.63, 3.8) is 0 Å². The zero-order valence-corrected chi connectivity index (χ0v) is 21.7. The number of halogens is 3. The van der Waals surface area contributed by atoms with Crippen LogP contribution >= 0.6 is 0 Å². The fourth-order valence-corrected chi connectivity index (χ4v) is 4.84. The molecule has 1 aliphatic heterocycles. The van der Waals surface area contributed by atoms with Crippen molar-refractivity contribution in [2.24, 2.45) is 5.41 Å². The van der Waals surface area contributed by atoms with Gasteiger partial charge >= 0.3 is 6.18 Å². The highest BCUT2D eigenvalue weighted by Crippen LogP contribution is 2.48. The summed E-state index contributed by atoms with van der Waals surface area (Å²) in [6.45, 7) is 1.98. The number of piperidine rings is 1. The fourth-order valence-electron chi connectivity index (χ4n) is 4.84. The lowest BCUT2D eigenvalue weighted by Crippen LogP contribution is -2.44. The van der Waals surface area contributed by atoms with Crippen molar-refractivity contribution in [2.45, 2.75) is 63.6 Å². The SMILES string of the molecule is C#CC1(CCc2nc(C(=O)N[C@@H](C)C(F)(F)F)nc(N3CCC(c4n[nH]c5nccc(OC)c45)CC3)n2)CC1. The van der Waals surface area contributed by atoms with E-state index in [0.29, 0.717) is 56.0 Å². The van der Waals surface area contributed by atoms with E-state index in [4.69, 9.17) is 11.2 Å². The molecule has 1 amide bonds. The second-order valence-electron chi connectivity index (χ2n) is 10.1. The number of terminal acetylenes is 1. The van der Waals surface area contributed by atoms with Gasteiger partial charge in [0.25, 0.3) is 5.91 Å². The van der Waals surface area contributed by atoms with Crippen LogP contribution < -0.4 is 15.0 Å². The third kappa shape index (κ3) is 5.60. The van der Waals surface area contributed by atoms with Gasteiger partial charge in [-0.05, 0) is 45.1 Å². The first kappa shape index (κ1) is 26.6. The lowest BCUT2D eigenvalue weighted by Gasteiger charge is -2.31. The highest BCUT2D eigenvalue weighted by atomic mass is 19.4. The molecule has 13 heteroatoms. The van der Waals surface area contributed by atoms with Crippen molar-refractivity contribution in [3.8, 4) is 18.1 Å². The maximum Gasteiger partial charge on any atom is 0.408 e. The molecule has 2 fully saturated rings. The van der Waals surface area contributed by atoms with E-state index >= 15 is 0 Å². The van der Waals surface area contributed by atoms with Crippen LogP contribution in [0.15, 0.2) is 12.3 Å². The molecule has 0 spiro atoms. The molecular formula is C26H29F3N8O2. The molecule has 3 aromatic heterocycles. The number of aryl methyl sites for hydroxylation is 1. The minimum atomic E-state index is -4.59. The second kappa shape index (κ2) is 10.3. The van der Waals surface area contributed by atoms with E-state index < -0.39 is 18.1 Å². The van der Waals surface area contributed by atoms with Crippen molar-refractivity contribution in [3.05, 3.63) is 29.6 Å². The largest absolute Gasteiger partial charge is 0.496 e. The van der Waals surface area contributed by atoms with Gasteiger partial charge < -0.3 is 15.0 Å². The molecule has 2 aliphatic rings. The number of amides is 1. The first-order chi connectivity index (χ1) is 18.6. The first-order valence-electron chi connectivity index (χ1n) is 12.8. The maximum absolute atomic E-state index is 13.1. The van der Waals surface area contributed by atoms with E-state index in [-0.39, 0.29) is 23.1 Å². The van der Waals surface area contributed by atoms with Gasteiger partial charge in [-0.3, -0.25) is 9.89 Å². The summed E-state index contributed by atoms with van der Waals surface area (Å²) in [5.74, 6) is 2.88. The van der Waals surface area contributed by atoms with E-state index in [1.807, 2.05) is 10.2 Å². The molecule has 0 bridgehead atoms. The van der Waals surface area contributed by atoms with Crippen molar-refractivity contribution >= 4 is 22.9 Å². The Bertz CT molecular complexity index is 1400. The van der Waals surface area contributed by atoms with Crippen LogP contribution in [-0.4, -0.2) is 68.5 Å². The minimum absolute atomic E-state index is 0.121. The Balaban J connectivity index is 1.36. The quantitative estimate of drug-likeness (QED) is 0.415. The van der Waals surface area contributed by atoms with Crippen LogP contribution in [-0.2, 0) is 6.42 Å². The molecule has 0 radical (unpaired) electrons. The highest BCUT2D eigenvalue weighted by Gasteiger charge is 2.41. The number of hydrogen-bond donors (Lipinski definition) is 2. The molecule has 1 saturated carbocycles. The number of carbonyl (C=O) groups excluding carboxylic acids is 1. The van der Waals surface area contributed by atoms with Crippen LogP contribution in [0.4, 0.5) is 19.1 Å². The number of nitrogens with one attached hydrogen (secondary N) is 2. The second-order valence-corrected chi connectivity index (χ2v) is 10.1. The molecule has 39 heavy (non-hydrogen) atoms. The predicted molar refractivity (Wildman–Crippen MR) is 136 cm³/mol.